The van der Waals surface area contributed by atoms with Crippen molar-refractivity contribution in [1.29, 1.82) is 0 Å². The van der Waals surface area contributed by atoms with Crippen LogP contribution < -0.4 is 21.3 Å². The fourth-order valence-corrected chi connectivity index (χ4v) is 2.94. The lowest BCUT2D eigenvalue weighted by atomic mass is 10.1. The van der Waals surface area contributed by atoms with E-state index in [0.717, 1.165) is 0 Å². The molecular formula is C25H28N4O4. The minimum Gasteiger partial charge on any atom is -0.349 e. The van der Waals surface area contributed by atoms with Crippen molar-refractivity contribution in [2.24, 2.45) is 0 Å². The molecule has 0 radical (unpaired) electrons. The molecule has 33 heavy (non-hydrogen) atoms. The number of anilines is 2. The molecule has 0 aromatic heterocycles. The number of rotatable bonds is 12. The molecule has 0 aliphatic heterocycles. The van der Waals surface area contributed by atoms with E-state index in [1.54, 1.807) is 60.7 Å². The minimum atomic E-state index is -0.319. The highest BCUT2D eigenvalue weighted by Gasteiger charge is 2.14. The van der Waals surface area contributed by atoms with E-state index >= 15 is 0 Å². The van der Waals surface area contributed by atoms with Gasteiger partial charge in [-0.1, -0.05) is 36.4 Å². The predicted octanol–water partition coefficient (Wildman–Crippen LogP) is 3.27. The van der Waals surface area contributed by atoms with Crippen LogP contribution in [-0.2, 0) is 9.59 Å². The maximum Gasteiger partial charge on any atom is 0.253 e. The standard InChI is InChI=1S/C25H28N4O4/c1-3-16-26-24(32)18-10-5-7-12-20(18)28-22(30)14-9-15-23(31)29-21-13-8-6-11-19(21)25(33)27-17-4-2/h3-8,10-13H,1-2,9,14-17H2,(H,26,32)(H,27,33)(H,28,30)(H,29,31). The second-order valence-electron chi connectivity index (χ2n) is 7.04. The van der Waals surface area contributed by atoms with Crippen LogP contribution in [0.4, 0.5) is 11.4 Å². The summed E-state index contributed by atoms with van der Waals surface area (Å²) in [5.74, 6) is -1.26. The molecule has 8 nitrogen and oxygen atoms in total. The molecule has 0 fully saturated rings. The number of carbonyl (C=O) groups is 4. The molecule has 2 rings (SSSR count). The van der Waals surface area contributed by atoms with Gasteiger partial charge in [-0.05, 0) is 30.7 Å². The number of nitrogens with one attached hydrogen (secondary N) is 4. The summed E-state index contributed by atoms with van der Waals surface area (Å²) in [6.07, 6.45) is 3.62. The van der Waals surface area contributed by atoms with Crippen molar-refractivity contribution in [3.63, 3.8) is 0 Å². The quantitative estimate of drug-likeness (QED) is 0.373. The highest BCUT2D eigenvalue weighted by molar-refractivity contribution is 6.05. The Morgan fingerprint density at radius 2 is 1.06 bits per heavy atom. The van der Waals surface area contributed by atoms with Crippen molar-refractivity contribution < 1.29 is 19.2 Å². The lowest BCUT2D eigenvalue weighted by Crippen LogP contribution is -2.25. The van der Waals surface area contributed by atoms with Gasteiger partial charge in [-0.2, -0.15) is 0 Å². The number of hydrogen-bond acceptors (Lipinski definition) is 4. The van der Waals surface area contributed by atoms with Crippen LogP contribution in [0.5, 0.6) is 0 Å². The van der Waals surface area contributed by atoms with Gasteiger partial charge >= 0.3 is 0 Å². The van der Waals surface area contributed by atoms with E-state index in [4.69, 9.17) is 0 Å². The van der Waals surface area contributed by atoms with E-state index in [-0.39, 0.29) is 36.5 Å². The van der Waals surface area contributed by atoms with Gasteiger partial charge in [0.15, 0.2) is 0 Å². The highest BCUT2D eigenvalue weighted by Crippen LogP contribution is 2.17. The zero-order valence-electron chi connectivity index (χ0n) is 18.4. The van der Waals surface area contributed by atoms with Crippen LogP contribution in [0.2, 0.25) is 0 Å². The van der Waals surface area contributed by atoms with Crippen molar-refractivity contribution in [3.8, 4) is 0 Å². The highest BCUT2D eigenvalue weighted by atomic mass is 16.2. The van der Waals surface area contributed by atoms with Crippen LogP contribution >= 0.6 is 0 Å². The Morgan fingerprint density at radius 1 is 0.667 bits per heavy atom. The van der Waals surface area contributed by atoms with Crippen LogP contribution in [0.25, 0.3) is 0 Å². The van der Waals surface area contributed by atoms with E-state index in [9.17, 15) is 19.2 Å². The number of benzene rings is 2. The molecular weight excluding hydrogens is 420 g/mol. The first-order chi connectivity index (χ1) is 16.0. The predicted molar refractivity (Wildman–Crippen MR) is 129 cm³/mol. The molecule has 0 spiro atoms. The van der Waals surface area contributed by atoms with Crippen molar-refractivity contribution in [1.82, 2.24) is 10.6 Å². The molecule has 0 saturated carbocycles. The molecule has 2 aromatic rings. The summed E-state index contributed by atoms with van der Waals surface area (Å²) in [7, 11) is 0. The summed E-state index contributed by atoms with van der Waals surface area (Å²) in [4.78, 5) is 49.1. The first kappa shape index (κ1) is 25.1. The van der Waals surface area contributed by atoms with Gasteiger partial charge in [0, 0.05) is 25.9 Å². The summed E-state index contributed by atoms with van der Waals surface area (Å²) in [5.41, 5.74) is 1.48. The average molecular weight is 449 g/mol. The normalized spacial score (nSPS) is 9.94. The van der Waals surface area contributed by atoms with Gasteiger partial charge in [0.05, 0.1) is 22.5 Å². The van der Waals surface area contributed by atoms with E-state index in [1.165, 1.54) is 0 Å². The first-order valence-corrected chi connectivity index (χ1v) is 10.5. The summed E-state index contributed by atoms with van der Waals surface area (Å²) in [6.45, 7) is 7.74. The van der Waals surface area contributed by atoms with E-state index in [2.05, 4.69) is 34.4 Å². The maximum absolute atomic E-state index is 12.3. The largest absolute Gasteiger partial charge is 0.349 e. The van der Waals surface area contributed by atoms with Gasteiger partial charge in [0.25, 0.3) is 11.8 Å². The van der Waals surface area contributed by atoms with E-state index < -0.39 is 0 Å². The first-order valence-electron chi connectivity index (χ1n) is 10.5. The summed E-state index contributed by atoms with van der Waals surface area (Å²) >= 11 is 0. The second-order valence-corrected chi connectivity index (χ2v) is 7.04. The Labute approximate surface area is 193 Å². The average Bonchev–Trinajstić information content (AvgIpc) is 2.81. The lowest BCUT2D eigenvalue weighted by molar-refractivity contribution is -0.117. The Balaban J connectivity index is 1.87. The summed E-state index contributed by atoms with van der Waals surface area (Å²) in [5, 5.41) is 10.8. The van der Waals surface area contributed by atoms with E-state index in [0.29, 0.717) is 42.0 Å². The second kappa shape index (κ2) is 13.3. The Hall–Kier alpha value is -4.20. The fraction of sp³-hybridized carbons (Fsp3) is 0.200. The molecule has 0 atom stereocenters. The fourth-order valence-electron chi connectivity index (χ4n) is 2.94. The van der Waals surface area contributed by atoms with Crippen molar-refractivity contribution in [3.05, 3.63) is 85.0 Å². The lowest BCUT2D eigenvalue weighted by Gasteiger charge is -2.12. The van der Waals surface area contributed by atoms with Gasteiger partial charge in [-0.25, -0.2) is 0 Å². The molecule has 4 amide bonds. The van der Waals surface area contributed by atoms with Crippen molar-refractivity contribution in [2.45, 2.75) is 19.3 Å². The topological polar surface area (TPSA) is 116 Å². The van der Waals surface area contributed by atoms with E-state index in [1.807, 2.05) is 0 Å². The molecule has 0 bridgehead atoms. The molecule has 8 heteroatoms. The van der Waals surface area contributed by atoms with Gasteiger partial charge in [0.1, 0.15) is 0 Å². The van der Waals surface area contributed by atoms with Crippen molar-refractivity contribution in [2.75, 3.05) is 23.7 Å². The minimum absolute atomic E-state index is 0.0947. The number of amides is 4. The number of carbonyl (C=O) groups excluding carboxylic acids is 4. The zero-order chi connectivity index (χ0) is 24.1. The van der Waals surface area contributed by atoms with Crippen LogP contribution in [0.3, 0.4) is 0 Å². The SMILES string of the molecule is C=CCNC(=O)c1ccccc1NC(=O)CCCC(=O)Nc1ccccc1C(=O)NCC=C. The Bertz CT molecular complexity index is 951. The monoisotopic (exact) mass is 448 g/mol. The third kappa shape index (κ3) is 8.10. The molecule has 4 N–H and O–H groups in total. The molecule has 0 unspecified atom stereocenters. The van der Waals surface area contributed by atoms with Crippen LogP contribution in [0.1, 0.15) is 40.0 Å². The molecule has 0 heterocycles. The molecule has 172 valence electrons. The molecule has 2 aromatic carbocycles. The third-order valence-corrected chi connectivity index (χ3v) is 4.51. The van der Waals surface area contributed by atoms with Crippen LogP contribution in [0, 0.1) is 0 Å². The van der Waals surface area contributed by atoms with Gasteiger partial charge in [-0.15, -0.1) is 13.2 Å². The van der Waals surface area contributed by atoms with Crippen LogP contribution in [0.15, 0.2) is 73.8 Å². The molecule has 0 aliphatic rings. The number of para-hydroxylation sites is 2. The van der Waals surface area contributed by atoms with Gasteiger partial charge < -0.3 is 21.3 Å². The van der Waals surface area contributed by atoms with Crippen molar-refractivity contribution >= 4 is 35.0 Å². The maximum atomic E-state index is 12.3. The Morgan fingerprint density at radius 3 is 1.45 bits per heavy atom. The number of hydrogen-bond donors (Lipinski definition) is 4. The van der Waals surface area contributed by atoms with Gasteiger partial charge in [0.2, 0.25) is 11.8 Å². The smallest absolute Gasteiger partial charge is 0.253 e. The summed E-state index contributed by atoms with van der Waals surface area (Å²) < 4.78 is 0. The Kier molecular flexibility index (Phi) is 10.1. The van der Waals surface area contributed by atoms with Crippen LogP contribution in [-0.4, -0.2) is 36.7 Å². The van der Waals surface area contributed by atoms with Gasteiger partial charge in [-0.3, -0.25) is 19.2 Å². The third-order valence-electron chi connectivity index (χ3n) is 4.51. The summed E-state index contributed by atoms with van der Waals surface area (Å²) in [6, 6.07) is 13.4. The molecule has 0 aliphatic carbocycles. The molecule has 0 saturated heterocycles. The zero-order valence-corrected chi connectivity index (χ0v) is 18.4.